The highest BCUT2D eigenvalue weighted by atomic mass is 16.6. The molecule has 0 saturated carbocycles. The molecule has 1 heterocycles. The Labute approximate surface area is 131 Å². The number of hydrogen-bond acceptors (Lipinski definition) is 6. The zero-order chi connectivity index (χ0) is 16.2. The molecule has 1 aromatic heterocycles. The number of rotatable bonds is 4. The third-order valence-corrected chi connectivity index (χ3v) is 3.14. The fraction of sp³-hybridized carbons (Fsp3) is 0. The Balaban J connectivity index is 1.79. The summed E-state index contributed by atoms with van der Waals surface area (Å²) in [6.07, 6.45) is 1.02. The average Bonchev–Trinajstić information content (AvgIpc) is 2.56. The minimum Gasteiger partial charge on any atom is -0.424 e. The van der Waals surface area contributed by atoms with E-state index >= 15 is 0 Å². The summed E-state index contributed by atoms with van der Waals surface area (Å²) in [5.41, 5.74) is 7.29. The summed E-state index contributed by atoms with van der Waals surface area (Å²) in [6.45, 7) is 0. The molecule has 0 aliphatic heterocycles. The van der Waals surface area contributed by atoms with Gasteiger partial charge in [0.2, 0.25) is 5.82 Å². The Hall–Kier alpha value is -3.48. The van der Waals surface area contributed by atoms with Crippen molar-refractivity contribution in [3.63, 3.8) is 0 Å². The SMILES string of the molecule is Nc1nc(Oc2ccc(-c3ccccc3)cc2)ncc1[N+](=O)[O-]. The third-order valence-electron chi connectivity index (χ3n) is 3.14. The highest BCUT2D eigenvalue weighted by Crippen LogP contribution is 2.26. The van der Waals surface area contributed by atoms with Crippen LogP contribution in [0.4, 0.5) is 11.5 Å². The number of nitrogen functional groups attached to an aromatic ring is 1. The number of aromatic nitrogens is 2. The van der Waals surface area contributed by atoms with Crippen molar-refractivity contribution in [3.05, 3.63) is 70.9 Å². The number of hydrogen-bond donors (Lipinski definition) is 1. The van der Waals surface area contributed by atoms with Gasteiger partial charge in [0.25, 0.3) is 0 Å². The first-order chi connectivity index (χ1) is 11.1. The average molecular weight is 308 g/mol. The van der Waals surface area contributed by atoms with Crippen LogP contribution in [0, 0.1) is 10.1 Å². The Morgan fingerprint density at radius 3 is 2.26 bits per heavy atom. The van der Waals surface area contributed by atoms with Crippen molar-refractivity contribution in [1.82, 2.24) is 9.97 Å². The van der Waals surface area contributed by atoms with Gasteiger partial charge in [-0.15, -0.1) is 0 Å². The summed E-state index contributed by atoms with van der Waals surface area (Å²) in [4.78, 5) is 17.6. The molecule has 7 heteroatoms. The van der Waals surface area contributed by atoms with Gasteiger partial charge in [0.15, 0.2) is 0 Å². The predicted molar refractivity (Wildman–Crippen MR) is 85.1 cm³/mol. The maximum absolute atomic E-state index is 10.7. The second kappa shape index (κ2) is 6.10. The van der Waals surface area contributed by atoms with Gasteiger partial charge in [-0.25, -0.2) is 0 Å². The lowest BCUT2D eigenvalue weighted by Gasteiger charge is -2.06. The van der Waals surface area contributed by atoms with E-state index in [9.17, 15) is 10.1 Å². The molecule has 3 rings (SSSR count). The molecule has 23 heavy (non-hydrogen) atoms. The lowest BCUT2D eigenvalue weighted by atomic mass is 10.1. The lowest BCUT2D eigenvalue weighted by Crippen LogP contribution is -2.01. The lowest BCUT2D eigenvalue weighted by molar-refractivity contribution is -0.384. The Kier molecular flexibility index (Phi) is 3.84. The molecule has 2 N–H and O–H groups in total. The first-order valence-electron chi connectivity index (χ1n) is 6.74. The van der Waals surface area contributed by atoms with Crippen LogP contribution in [-0.2, 0) is 0 Å². The molecular formula is C16H12N4O3. The van der Waals surface area contributed by atoms with Gasteiger partial charge in [-0.2, -0.15) is 9.97 Å². The number of nitrogens with two attached hydrogens (primary N) is 1. The van der Waals surface area contributed by atoms with Gasteiger partial charge in [-0.1, -0.05) is 42.5 Å². The highest BCUT2D eigenvalue weighted by molar-refractivity contribution is 5.64. The molecule has 0 amide bonds. The highest BCUT2D eigenvalue weighted by Gasteiger charge is 2.15. The number of nitrogens with zero attached hydrogens (tertiary/aromatic N) is 3. The van der Waals surface area contributed by atoms with Crippen LogP contribution in [0.15, 0.2) is 60.8 Å². The van der Waals surface area contributed by atoms with E-state index < -0.39 is 4.92 Å². The van der Waals surface area contributed by atoms with E-state index in [1.165, 1.54) is 0 Å². The van der Waals surface area contributed by atoms with Gasteiger partial charge >= 0.3 is 11.7 Å². The molecule has 2 aromatic carbocycles. The fourth-order valence-corrected chi connectivity index (χ4v) is 2.01. The van der Waals surface area contributed by atoms with Gasteiger partial charge in [-0.3, -0.25) is 10.1 Å². The van der Waals surface area contributed by atoms with Gasteiger partial charge in [0.1, 0.15) is 11.9 Å². The van der Waals surface area contributed by atoms with Crippen molar-refractivity contribution >= 4 is 11.5 Å². The Bertz CT molecular complexity index is 836. The molecule has 7 nitrogen and oxygen atoms in total. The van der Waals surface area contributed by atoms with Crippen molar-refractivity contribution in [2.45, 2.75) is 0 Å². The normalized spacial score (nSPS) is 10.3. The van der Waals surface area contributed by atoms with Gasteiger partial charge < -0.3 is 10.5 Å². The molecule has 0 spiro atoms. The summed E-state index contributed by atoms with van der Waals surface area (Å²) in [6, 6.07) is 17.2. The largest absolute Gasteiger partial charge is 0.424 e. The minimum absolute atomic E-state index is 0.0411. The van der Waals surface area contributed by atoms with Crippen molar-refractivity contribution < 1.29 is 9.66 Å². The van der Waals surface area contributed by atoms with Crippen molar-refractivity contribution in [1.29, 1.82) is 0 Å². The molecule has 0 fully saturated rings. The standard InChI is InChI=1S/C16H12N4O3/c17-15-14(20(21)22)10-18-16(19-15)23-13-8-6-12(7-9-13)11-4-2-1-3-5-11/h1-10H,(H2,17,18,19). The quantitative estimate of drug-likeness (QED) is 0.585. The zero-order valence-electron chi connectivity index (χ0n) is 11.9. The van der Waals surface area contributed by atoms with Crippen LogP contribution in [0.25, 0.3) is 11.1 Å². The molecule has 3 aromatic rings. The second-order valence-corrected chi connectivity index (χ2v) is 4.67. The topological polar surface area (TPSA) is 104 Å². The number of anilines is 1. The van der Waals surface area contributed by atoms with Crippen LogP contribution < -0.4 is 10.5 Å². The summed E-state index contributed by atoms with van der Waals surface area (Å²) in [5, 5.41) is 10.7. The van der Waals surface area contributed by atoms with E-state index in [1.54, 1.807) is 12.1 Å². The second-order valence-electron chi connectivity index (χ2n) is 4.67. The Morgan fingerprint density at radius 2 is 1.65 bits per heavy atom. The fourth-order valence-electron chi connectivity index (χ4n) is 2.01. The van der Waals surface area contributed by atoms with Crippen LogP contribution in [0.3, 0.4) is 0 Å². The van der Waals surface area contributed by atoms with Crippen LogP contribution in [0.1, 0.15) is 0 Å². The molecule has 0 aliphatic rings. The number of benzene rings is 2. The Morgan fingerprint density at radius 1 is 1.00 bits per heavy atom. The maximum atomic E-state index is 10.7. The van der Waals surface area contributed by atoms with Crippen LogP contribution in [-0.4, -0.2) is 14.9 Å². The molecular weight excluding hydrogens is 296 g/mol. The van der Waals surface area contributed by atoms with E-state index in [4.69, 9.17) is 10.5 Å². The van der Waals surface area contributed by atoms with Gasteiger partial charge in [-0.05, 0) is 23.3 Å². The van der Waals surface area contributed by atoms with E-state index in [0.29, 0.717) is 5.75 Å². The molecule has 0 radical (unpaired) electrons. The monoisotopic (exact) mass is 308 g/mol. The zero-order valence-corrected chi connectivity index (χ0v) is 11.9. The van der Waals surface area contributed by atoms with Gasteiger partial charge in [0.05, 0.1) is 4.92 Å². The third kappa shape index (κ3) is 3.24. The van der Waals surface area contributed by atoms with Crippen LogP contribution in [0.5, 0.6) is 11.8 Å². The smallest absolute Gasteiger partial charge is 0.329 e. The molecule has 0 bridgehead atoms. The van der Waals surface area contributed by atoms with E-state index in [-0.39, 0.29) is 17.5 Å². The summed E-state index contributed by atoms with van der Waals surface area (Å²) in [5.74, 6) is 0.277. The molecule has 0 atom stereocenters. The predicted octanol–water partition coefficient (Wildman–Crippen LogP) is 3.43. The molecule has 114 valence electrons. The first-order valence-corrected chi connectivity index (χ1v) is 6.74. The maximum Gasteiger partial charge on any atom is 0.329 e. The summed E-state index contributed by atoms with van der Waals surface area (Å²) in [7, 11) is 0. The summed E-state index contributed by atoms with van der Waals surface area (Å²) >= 11 is 0. The minimum atomic E-state index is -0.645. The van der Waals surface area contributed by atoms with Crippen LogP contribution in [0.2, 0.25) is 0 Å². The number of ether oxygens (including phenoxy) is 1. The van der Waals surface area contributed by atoms with Crippen molar-refractivity contribution in [2.24, 2.45) is 0 Å². The van der Waals surface area contributed by atoms with Gasteiger partial charge in [0, 0.05) is 0 Å². The van der Waals surface area contributed by atoms with Crippen molar-refractivity contribution in [3.8, 4) is 22.9 Å². The molecule has 0 saturated heterocycles. The number of nitro groups is 1. The molecule has 0 unspecified atom stereocenters. The van der Waals surface area contributed by atoms with Crippen LogP contribution >= 0.6 is 0 Å². The summed E-state index contributed by atoms with van der Waals surface area (Å²) < 4.78 is 5.46. The van der Waals surface area contributed by atoms with E-state index in [0.717, 1.165) is 17.3 Å². The first kappa shape index (κ1) is 14.5. The van der Waals surface area contributed by atoms with E-state index in [1.807, 2.05) is 42.5 Å². The van der Waals surface area contributed by atoms with Crippen molar-refractivity contribution in [2.75, 3.05) is 5.73 Å². The van der Waals surface area contributed by atoms with E-state index in [2.05, 4.69) is 9.97 Å². The molecule has 0 aliphatic carbocycles.